The van der Waals surface area contributed by atoms with Gasteiger partial charge in [0.25, 0.3) is 0 Å². The van der Waals surface area contributed by atoms with E-state index in [0.717, 1.165) is 12.8 Å². The molecule has 0 unspecified atom stereocenters. The largest absolute Gasteiger partial charge is 0.493 e. The molecule has 86 valence electrons. The van der Waals surface area contributed by atoms with Gasteiger partial charge in [-0.3, -0.25) is 4.79 Å². The topological polar surface area (TPSA) is 66.8 Å². The van der Waals surface area contributed by atoms with Crippen LogP contribution in [0.25, 0.3) is 0 Å². The predicted molar refractivity (Wildman–Crippen MR) is 62.1 cm³/mol. The zero-order valence-electron chi connectivity index (χ0n) is 9.22. The summed E-state index contributed by atoms with van der Waals surface area (Å²) in [5.74, 6) is 0.265. The molecule has 0 fully saturated rings. The van der Waals surface area contributed by atoms with Gasteiger partial charge < -0.3 is 14.8 Å². The Kier molecular flexibility index (Phi) is 5.02. The smallest absolute Gasteiger partial charge is 0.492 e. The van der Waals surface area contributed by atoms with Crippen molar-refractivity contribution in [3.8, 4) is 5.75 Å². The van der Waals surface area contributed by atoms with Crippen LogP contribution in [0, 0.1) is 0 Å². The van der Waals surface area contributed by atoms with Gasteiger partial charge in [0.05, 0.1) is 12.2 Å². The zero-order valence-corrected chi connectivity index (χ0v) is 9.22. The summed E-state index contributed by atoms with van der Waals surface area (Å²) in [5.41, 5.74) is 0.558. The van der Waals surface area contributed by atoms with Crippen LogP contribution in [0.15, 0.2) is 18.2 Å². The minimum Gasteiger partial charge on any atom is -0.493 e. The Hall–Kier alpha value is -1.33. The van der Waals surface area contributed by atoms with Gasteiger partial charge in [-0.25, -0.2) is 0 Å². The molecule has 5 heteroatoms. The highest BCUT2D eigenvalue weighted by atomic mass is 16.5. The van der Waals surface area contributed by atoms with Crippen LogP contribution in [-0.4, -0.2) is 30.1 Å². The van der Waals surface area contributed by atoms with Crippen molar-refractivity contribution < 1.29 is 19.6 Å². The third kappa shape index (κ3) is 3.08. The molecule has 16 heavy (non-hydrogen) atoms. The van der Waals surface area contributed by atoms with Crippen LogP contribution >= 0.6 is 0 Å². The van der Waals surface area contributed by atoms with E-state index in [1.807, 2.05) is 6.92 Å². The van der Waals surface area contributed by atoms with Gasteiger partial charge in [-0.1, -0.05) is 25.5 Å². The quantitative estimate of drug-likeness (QED) is 0.414. The summed E-state index contributed by atoms with van der Waals surface area (Å²) in [6.45, 7) is 2.48. The summed E-state index contributed by atoms with van der Waals surface area (Å²) in [6.07, 6.45) is 2.47. The minimum absolute atomic E-state index is 0.223. The second-order valence-electron chi connectivity index (χ2n) is 3.46. The lowest BCUT2D eigenvalue weighted by atomic mass is 9.78. The van der Waals surface area contributed by atoms with Crippen molar-refractivity contribution in [1.82, 2.24) is 0 Å². The molecular weight excluding hydrogens is 207 g/mol. The first kappa shape index (κ1) is 12.7. The third-order valence-corrected chi connectivity index (χ3v) is 2.23. The van der Waals surface area contributed by atoms with Gasteiger partial charge in [-0.15, -0.1) is 0 Å². The van der Waals surface area contributed by atoms with Crippen molar-refractivity contribution in [2.75, 3.05) is 6.61 Å². The van der Waals surface area contributed by atoms with E-state index in [2.05, 4.69) is 0 Å². The van der Waals surface area contributed by atoms with Crippen LogP contribution in [-0.2, 0) is 0 Å². The lowest BCUT2D eigenvalue weighted by Crippen LogP contribution is -2.32. The minimum atomic E-state index is -1.63. The van der Waals surface area contributed by atoms with E-state index in [1.165, 1.54) is 6.07 Å². The molecule has 0 bridgehead atoms. The van der Waals surface area contributed by atoms with E-state index in [0.29, 0.717) is 18.5 Å². The molecule has 2 N–H and O–H groups in total. The molecule has 0 aromatic heterocycles. The number of benzene rings is 1. The van der Waals surface area contributed by atoms with Crippen molar-refractivity contribution in [3.05, 3.63) is 23.8 Å². The summed E-state index contributed by atoms with van der Waals surface area (Å²) in [6, 6.07) is 4.70. The van der Waals surface area contributed by atoms with E-state index in [1.54, 1.807) is 12.1 Å². The highest BCUT2D eigenvalue weighted by Crippen LogP contribution is 2.14. The summed E-state index contributed by atoms with van der Waals surface area (Å²) in [7, 11) is -1.63. The Labute approximate surface area is 95.0 Å². The molecule has 0 aliphatic rings. The molecule has 0 heterocycles. The molecule has 0 saturated heterocycles. The number of unbranched alkanes of at least 4 members (excludes halogenated alkanes) is 1. The lowest BCUT2D eigenvalue weighted by molar-refractivity contribution is 0.111. The number of carbonyl (C=O) groups excluding carboxylic acids is 1. The van der Waals surface area contributed by atoms with Crippen LogP contribution < -0.4 is 10.2 Å². The third-order valence-electron chi connectivity index (χ3n) is 2.23. The molecule has 1 aromatic rings. The summed E-state index contributed by atoms with van der Waals surface area (Å²) in [5, 5.41) is 18.3. The van der Waals surface area contributed by atoms with Crippen LogP contribution in [0.4, 0.5) is 0 Å². The molecule has 0 atom stereocenters. The van der Waals surface area contributed by atoms with Crippen molar-refractivity contribution in [2.24, 2.45) is 0 Å². The van der Waals surface area contributed by atoms with Crippen molar-refractivity contribution in [2.45, 2.75) is 19.8 Å². The second-order valence-corrected chi connectivity index (χ2v) is 3.46. The molecule has 1 rings (SSSR count). The van der Waals surface area contributed by atoms with Gasteiger partial charge in [-0.2, -0.15) is 0 Å². The zero-order chi connectivity index (χ0) is 12.0. The Morgan fingerprint density at radius 2 is 2.19 bits per heavy atom. The summed E-state index contributed by atoms with van der Waals surface area (Å²) >= 11 is 0. The van der Waals surface area contributed by atoms with E-state index in [9.17, 15) is 4.79 Å². The number of rotatable bonds is 6. The van der Waals surface area contributed by atoms with E-state index in [-0.39, 0.29) is 11.2 Å². The maximum absolute atomic E-state index is 10.8. The van der Waals surface area contributed by atoms with Crippen LogP contribution in [0.2, 0.25) is 0 Å². The SMILES string of the molecule is CCCCOc1c(C=O)cccc1B(O)O. The highest BCUT2D eigenvalue weighted by Gasteiger charge is 2.19. The highest BCUT2D eigenvalue weighted by molar-refractivity contribution is 6.59. The predicted octanol–water partition coefficient (Wildman–Crippen LogP) is 0.358. The standard InChI is InChI=1S/C11H15BO4/c1-2-3-7-16-11-9(8-13)5-4-6-10(11)12(14)15/h4-6,8,14-15H,2-3,7H2,1H3. The summed E-state index contributed by atoms with van der Waals surface area (Å²) in [4.78, 5) is 10.8. The second kappa shape index (κ2) is 6.30. The molecule has 0 spiro atoms. The van der Waals surface area contributed by atoms with E-state index >= 15 is 0 Å². The number of hydrogen-bond acceptors (Lipinski definition) is 4. The average Bonchev–Trinajstić information content (AvgIpc) is 2.29. The van der Waals surface area contributed by atoms with E-state index < -0.39 is 7.12 Å². The first-order valence-electron chi connectivity index (χ1n) is 5.27. The molecule has 4 nitrogen and oxygen atoms in total. The molecule has 0 saturated carbocycles. The number of para-hydroxylation sites is 1. The van der Waals surface area contributed by atoms with Gasteiger partial charge in [0.15, 0.2) is 6.29 Å². The van der Waals surface area contributed by atoms with Crippen LogP contribution in [0.5, 0.6) is 5.75 Å². The van der Waals surface area contributed by atoms with Gasteiger partial charge in [0.2, 0.25) is 0 Å². The maximum atomic E-state index is 10.8. The molecule has 1 aromatic carbocycles. The van der Waals surface area contributed by atoms with Gasteiger partial charge in [0.1, 0.15) is 5.75 Å². The number of ether oxygens (including phenoxy) is 1. The number of hydrogen-bond donors (Lipinski definition) is 2. The lowest BCUT2D eigenvalue weighted by Gasteiger charge is -2.12. The Balaban J connectivity index is 2.95. The van der Waals surface area contributed by atoms with Gasteiger partial charge >= 0.3 is 7.12 Å². The average molecular weight is 222 g/mol. The first-order valence-corrected chi connectivity index (χ1v) is 5.27. The number of carbonyl (C=O) groups is 1. The van der Waals surface area contributed by atoms with Crippen molar-refractivity contribution in [3.63, 3.8) is 0 Å². The van der Waals surface area contributed by atoms with Crippen molar-refractivity contribution in [1.29, 1.82) is 0 Å². The van der Waals surface area contributed by atoms with E-state index in [4.69, 9.17) is 14.8 Å². The summed E-state index contributed by atoms with van der Waals surface area (Å²) < 4.78 is 5.41. The normalized spacial score (nSPS) is 9.94. The maximum Gasteiger partial charge on any atom is 0.492 e. The van der Waals surface area contributed by atoms with Gasteiger partial charge in [-0.05, 0) is 12.5 Å². The fourth-order valence-corrected chi connectivity index (χ4v) is 1.35. The van der Waals surface area contributed by atoms with Crippen LogP contribution in [0.1, 0.15) is 30.1 Å². The van der Waals surface area contributed by atoms with Crippen molar-refractivity contribution >= 4 is 18.9 Å². The molecule has 0 amide bonds. The van der Waals surface area contributed by atoms with Gasteiger partial charge in [0, 0.05) is 5.46 Å². The Morgan fingerprint density at radius 3 is 2.75 bits per heavy atom. The molecular formula is C11H15BO4. The van der Waals surface area contributed by atoms with Crippen LogP contribution in [0.3, 0.4) is 0 Å². The fraction of sp³-hybridized carbons (Fsp3) is 0.364. The Morgan fingerprint density at radius 1 is 1.44 bits per heavy atom. The molecule has 0 aliphatic carbocycles. The number of aldehydes is 1. The monoisotopic (exact) mass is 222 g/mol. The Bertz CT molecular complexity index is 352. The molecule has 0 aliphatic heterocycles. The fourth-order valence-electron chi connectivity index (χ4n) is 1.35. The first-order chi connectivity index (χ1) is 7.70. The molecule has 0 radical (unpaired) electrons.